The van der Waals surface area contributed by atoms with Crippen LogP contribution < -0.4 is 5.32 Å². The van der Waals surface area contributed by atoms with Gasteiger partial charge in [0.1, 0.15) is 12.0 Å². The third-order valence-corrected chi connectivity index (χ3v) is 2.34. The first-order valence-corrected chi connectivity index (χ1v) is 4.54. The lowest BCUT2D eigenvalue weighted by atomic mass is 10.2. The zero-order chi connectivity index (χ0) is 9.10. The van der Waals surface area contributed by atoms with Gasteiger partial charge in [-0.15, -0.1) is 5.10 Å². The Morgan fingerprint density at radius 2 is 2.38 bits per heavy atom. The maximum Gasteiger partial charge on any atom is 0.148 e. The molecule has 0 amide bonds. The molecule has 2 atom stereocenters. The van der Waals surface area contributed by atoms with Crippen LogP contribution >= 0.6 is 0 Å². The first-order valence-electron chi connectivity index (χ1n) is 4.54. The molecule has 1 saturated carbocycles. The van der Waals surface area contributed by atoms with Crippen molar-refractivity contribution in [3.63, 3.8) is 0 Å². The van der Waals surface area contributed by atoms with Gasteiger partial charge in [-0.25, -0.2) is 4.39 Å². The fourth-order valence-electron chi connectivity index (χ4n) is 1.65. The van der Waals surface area contributed by atoms with E-state index in [1.165, 1.54) is 0 Å². The van der Waals surface area contributed by atoms with Crippen LogP contribution in [0.25, 0.3) is 0 Å². The van der Waals surface area contributed by atoms with E-state index in [4.69, 9.17) is 0 Å². The number of alkyl halides is 1. The van der Waals surface area contributed by atoms with E-state index in [-0.39, 0.29) is 6.04 Å². The molecule has 0 spiro atoms. The van der Waals surface area contributed by atoms with Gasteiger partial charge in [-0.3, -0.25) is 0 Å². The molecule has 0 radical (unpaired) electrons. The SMILES string of the molecule is F[C@H]1CCC[C@H]1Nc1cccnn1. The minimum absolute atomic E-state index is 0.0725. The minimum atomic E-state index is -0.734. The number of halogens is 1. The molecule has 0 bridgehead atoms. The number of aromatic nitrogens is 2. The Labute approximate surface area is 76.4 Å². The summed E-state index contributed by atoms with van der Waals surface area (Å²) in [6.45, 7) is 0. The molecule has 3 nitrogen and oxygen atoms in total. The Kier molecular flexibility index (Phi) is 2.38. The van der Waals surface area contributed by atoms with Crippen molar-refractivity contribution in [2.45, 2.75) is 31.5 Å². The Bertz CT molecular complexity index is 265. The van der Waals surface area contributed by atoms with Gasteiger partial charge in [0.2, 0.25) is 0 Å². The molecule has 0 saturated heterocycles. The number of nitrogens with one attached hydrogen (secondary N) is 1. The van der Waals surface area contributed by atoms with Crippen LogP contribution in [0.2, 0.25) is 0 Å². The molecule has 70 valence electrons. The molecule has 2 rings (SSSR count). The molecule has 1 aromatic heterocycles. The molecule has 1 heterocycles. The molecule has 4 heteroatoms. The van der Waals surface area contributed by atoms with Crippen molar-refractivity contribution in [2.75, 3.05) is 5.32 Å². The van der Waals surface area contributed by atoms with Crippen LogP contribution in [0.5, 0.6) is 0 Å². The third-order valence-electron chi connectivity index (χ3n) is 2.34. The number of hydrogen-bond donors (Lipinski definition) is 1. The summed E-state index contributed by atoms with van der Waals surface area (Å²) in [6.07, 6.45) is 3.38. The highest BCUT2D eigenvalue weighted by Gasteiger charge is 2.26. The van der Waals surface area contributed by atoms with Gasteiger partial charge in [-0.2, -0.15) is 5.10 Å². The Morgan fingerprint density at radius 1 is 1.46 bits per heavy atom. The highest BCUT2D eigenvalue weighted by Crippen LogP contribution is 2.24. The summed E-state index contributed by atoms with van der Waals surface area (Å²) in [5, 5.41) is 10.6. The van der Waals surface area contributed by atoms with E-state index < -0.39 is 6.17 Å². The van der Waals surface area contributed by atoms with Gasteiger partial charge in [-0.1, -0.05) is 0 Å². The normalized spacial score (nSPS) is 27.5. The van der Waals surface area contributed by atoms with E-state index in [1.807, 2.05) is 0 Å². The van der Waals surface area contributed by atoms with Crippen molar-refractivity contribution >= 4 is 5.82 Å². The van der Waals surface area contributed by atoms with Crippen LogP contribution in [-0.2, 0) is 0 Å². The number of anilines is 1. The van der Waals surface area contributed by atoms with Gasteiger partial charge < -0.3 is 5.32 Å². The largest absolute Gasteiger partial charge is 0.363 e. The summed E-state index contributed by atoms with van der Waals surface area (Å²) in [7, 11) is 0. The van der Waals surface area contributed by atoms with Crippen molar-refractivity contribution in [3.8, 4) is 0 Å². The van der Waals surface area contributed by atoms with Crippen molar-refractivity contribution in [3.05, 3.63) is 18.3 Å². The van der Waals surface area contributed by atoms with Crippen LogP contribution in [0.3, 0.4) is 0 Å². The van der Waals surface area contributed by atoms with Gasteiger partial charge in [0.25, 0.3) is 0 Å². The zero-order valence-electron chi connectivity index (χ0n) is 7.28. The molecule has 13 heavy (non-hydrogen) atoms. The molecule has 1 aliphatic rings. The molecule has 0 unspecified atom stereocenters. The lowest BCUT2D eigenvalue weighted by Crippen LogP contribution is -2.25. The molecule has 1 fully saturated rings. The maximum atomic E-state index is 13.2. The molecule has 1 N–H and O–H groups in total. The standard InChI is InChI=1S/C9H12FN3/c10-7-3-1-4-8(7)12-9-5-2-6-11-13-9/h2,5-8H,1,3-4H2,(H,12,13)/t7-,8+/m0/s1. The third kappa shape index (κ3) is 1.94. The second kappa shape index (κ2) is 3.68. The second-order valence-electron chi connectivity index (χ2n) is 3.31. The van der Waals surface area contributed by atoms with Crippen molar-refractivity contribution in [2.24, 2.45) is 0 Å². The molecule has 0 aliphatic heterocycles. The molecular weight excluding hydrogens is 169 g/mol. The Morgan fingerprint density at radius 3 is 3.00 bits per heavy atom. The van der Waals surface area contributed by atoms with Gasteiger partial charge in [0.15, 0.2) is 0 Å². The van der Waals surface area contributed by atoms with E-state index in [0.717, 1.165) is 12.8 Å². The average molecular weight is 181 g/mol. The first kappa shape index (κ1) is 8.41. The van der Waals surface area contributed by atoms with Crippen molar-refractivity contribution in [1.82, 2.24) is 10.2 Å². The number of rotatable bonds is 2. The van der Waals surface area contributed by atoms with Crippen LogP contribution in [0.15, 0.2) is 18.3 Å². The summed E-state index contributed by atoms with van der Waals surface area (Å²) in [5.41, 5.74) is 0. The van der Waals surface area contributed by atoms with E-state index in [2.05, 4.69) is 15.5 Å². The van der Waals surface area contributed by atoms with Gasteiger partial charge in [-0.05, 0) is 31.4 Å². The summed E-state index contributed by atoms with van der Waals surface area (Å²) in [6, 6.07) is 3.52. The molecule has 0 aromatic carbocycles. The molecule has 1 aromatic rings. The van der Waals surface area contributed by atoms with Crippen LogP contribution in [0.4, 0.5) is 10.2 Å². The lowest BCUT2D eigenvalue weighted by molar-refractivity contribution is 0.323. The number of hydrogen-bond acceptors (Lipinski definition) is 3. The van der Waals surface area contributed by atoms with E-state index >= 15 is 0 Å². The van der Waals surface area contributed by atoms with Gasteiger partial charge in [0.05, 0.1) is 6.04 Å². The fraction of sp³-hybridized carbons (Fsp3) is 0.556. The van der Waals surface area contributed by atoms with Gasteiger partial charge in [0, 0.05) is 6.20 Å². The topological polar surface area (TPSA) is 37.8 Å². The fourth-order valence-corrected chi connectivity index (χ4v) is 1.65. The summed E-state index contributed by atoms with van der Waals surface area (Å²) < 4.78 is 13.2. The van der Waals surface area contributed by atoms with Crippen molar-refractivity contribution < 1.29 is 4.39 Å². The Hall–Kier alpha value is -1.19. The molecular formula is C9H12FN3. The predicted octanol–water partition coefficient (Wildman–Crippen LogP) is 1.78. The van der Waals surface area contributed by atoms with Crippen LogP contribution in [-0.4, -0.2) is 22.4 Å². The summed E-state index contributed by atoms with van der Waals surface area (Å²) in [5.74, 6) is 0.664. The highest BCUT2D eigenvalue weighted by molar-refractivity contribution is 5.33. The van der Waals surface area contributed by atoms with E-state index in [1.54, 1.807) is 18.3 Å². The van der Waals surface area contributed by atoms with E-state index in [0.29, 0.717) is 12.2 Å². The Balaban J connectivity index is 1.98. The first-order chi connectivity index (χ1) is 6.36. The minimum Gasteiger partial charge on any atom is -0.363 e. The highest BCUT2D eigenvalue weighted by atomic mass is 19.1. The van der Waals surface area contributed by atoms with Gasteiger partial charge >= 0.3 is 0 Å². The monoisotopic (exact) mass is 181 g/mol. The summed E-state index contributed by atoms with van der Waals surface area (Å²) in [4.78, 5) is 0. The lowest BCUT2D eigenvalue weighted by Gasteiger charge is -2.14. The summed E-state index contributed by atoms with van der Waals surface area (Å²) >= 11 is 0. The van der Waals surface area contributed by atoms with Crippen LogP contribution in [0.1, 0.15) is 19.3 Å². The zero-order valence-corrected chi connectivity index (χ0v) is 7.28. The second-order valence-corrected chi connectivity index (χ2v) is 3.31. The average Bonchev–Trinajstić information content (AvgIpc) is 2.54. The smallest absolute Gasteiger partial charge is 0.148 e. The predicted molar refractivity (Wildman–Crippen MR) is 48.2 cm³/mol. The quantitative estimate of drug-likeness (QED) is 0.755. The number of nitrogens with zero attached hydrogens (tertiary/aromatic N) is 2. The van der Waals surface area contributed by atoms with Crippen LogP contribution in [0, 0.1) is 0 Å². The van der Waals surface area contributed by atoms with E-state index in [9.17, 15) is 4.39 Å². The van der Waals surface area contributed by atoms with Crippen molar-refractivity contribution in [1.29, 1.82) is 0 Å². The maximum absolute atomic E-state index is 13.2. The molecule has 1 aliphatic carbocycles.